The van der Waals surface area contributed by atoms with Crippen molar-refractivity contribution in [1.82, 2.24) is 25.6 Å². The van der Waals surface area contributed by atoms with Gasteiger partial charge in [-0.3, -0.25) is 14.6 Å². The van der Waals surface area contributed by atoms with Gasteiger partial charge in [-0.25, -0.2) is 15.0 Å². The number of carbonyl (C=O) groups excluding carboxylic acids is 2. The Morgan fingerprint density at radius 3 is 2.55 bits per heavy atom. The van der Waals surface area contributed by atoms with Gasteiger partial charge in [0.05, 0.1) is 29.5 Å². The molecule has 10 heteroatoms. The largest absolute Gasteiger partial charge is 0.403 e. The van der Waals surface area contributed by atoms with Crippen molar-refractivity contribution in [2.24, 2.45) is 10.7 Å². The van der Waals surface area contributed by atoms with Crippen molar-refractivity contribution in [3.8, 4) is 0 Å². The predicted octanol–water partition coefficient (Wildman–Crippen LogP) is 0.839. The summed E-state index contributed by atoms with van der Waals surface area (Å²) in [6.07, 6.45) is 7.80. The van der Waals surface area contributed by atoms with E-state index in [1.165, 1.54) is 20.4 Å². The Morgan fingerprint density at radius 1 is 1.24 bits per heavy atom. The van der Waals surface area contributed by atoms with E-state index >= 15 is 0 Å². The lowest BCUT2D eigenvalue weighted by Crippen LogP contribution is -2.37. The number of hydrogen-bond acceptors (Lipinski definition) is 8. The van der Waals surface area contributed by atoms with Crippen LogP contribution < -0.4 is 21.7 Å². The average Bonchev–Trinajstić information content (AvgIpc) is 3.59. The highest BCUT2D eigenvalue weighted by Crippen LogP contribution is 2.39. The Kier molecular flexibility index (Phi) is 6.12. The van der Waals surface area contributed by atoms with Gasteiger partial charge in [-0.2, -0.15) is 0 Å². The maximum Gasteiger partial charge on any atom is 0.276 e. The van der Waals surface area contributed by atoms with Gasteiger partial charge in [0.2, 0.25) is 0 Å². The second-order valence-electron chi connectivity index (χ2n) is 6.34. The van der Waals surface area contributed by atoms with Gasteiger partial charge in [0.15, 0.2) is 5.69 Å². The summed E-state index contributed by atoms with van der Waals surface area (Å²) >= 11 is 0. The molecule has 0 aromatic carbocycles. The lowest BCUT2D eigenvalue weighted by atomic mass is 10.2. The molecule has 10 nitrogen and oxygen atoms in total. The molecule has 1 fully saturated rings. The number of amides is 2. The molecule has 1 aliphatic carbocycles. The molecule has 1 aliphatic rings. The lowest BCUT2D eigenvalue weighted by molar-refractivity contribution is -0.114. The van der Waals surface area contributed by atoms with Gasteiger partial charge in [0.25, 0.3) is 11.8 Å². The molecule has 2 aromatic heterocycles. The van der Waals surface area contributed by atoms with Crippen LogP contribution in [0.5, 0.6) is 0 Å². The summed E-state index contributed by atoms with van der Waals surface area (Å²) in [5.74, 6) is -0.628. The summed E-state index contributed by atoms with van der Waals surface area (Å²) < 4.78 is 0. The minimum atomic E-state index is -0.520. The SMILES string of the molecule is CN=C(C(=O)NC)C(=CN)NC(=O)c1nc(C2CC2)ccc1Nc1cncnc1. The number of carbonyl (C=O) groups is 2. The molecule has 2 amide bonds. The standard InChI is InChI=1S/C19H22N8O2/c1-21-16(18(28)22-2)15(7-20)27-19(29)17-14(25-12-8-23-10-24-9-12)6-5-13(26-17)11-3-4-11/h5-11,25H,3-4,20H2,1-2H3,(H,22,28)(H,27,29). The first-order valence-corrected chi connectivity index (χ1v) is 9.02. The van der Waals surface area contributed by atoms with Crippen LogP contribution >= 0.6 is 0 Å². The zero-order valence-corrected chi connectivity index (χ0v) is 16.1. The molecule has 0 saturated heterocycles. The molecule has 1 saturated carbocycles. The quantitative estimate of drug-likeness (QED) is 0.509. The van der Waals surface area contributed by atoms with Crippen molar-refractivity contribution in [3.63, 3.8) is 0 Å². The van der Waals surface area contributed by atoms with E-state index in [1.54, 1.807) is 18.5 Å². The van der Waals surface area contributed by atoms with Gasteiger partial charge >= 0.3 is 0 Å². The molecule has 5 N–H and O–H groups in total. The van der Waals surface area contributed by atoms with Gasteiger partial charge in [0, 0.05) is 31.9 Å². The number of nitrogens with zero attached hydrogens (tertiary/aromatic N) is 4. The zero-order valence-electron chi connectivity index (χ0n) is 16.1. The van der Waals surface area contributed by atoms with E-state index in [4.69, 9.17) is 5.73 Å². The van der Waals surface area contributed by atoms with Gasteiger partial charge in [0.1, 0.15) is 12.0 Å². The summed E-state index contributed by atoms with van der Waals surface area (Å²) in [6, 6.07) is 3.69. The Balaban J connectivity index is 1.91. The van der Waals surface area contributed by atoms with Crippen LogP contribution in [0.1, 0.15) is 34.9 Å². The lowest BCUT2D eigenvalue weighted by Gasteiger charge is -2.14. The average molecular weight is 394 g/mol. The Hall–Kier alpha value is -3.82. The van der Waals surface area contributed by atoms with E-state index in [9.17, 15) is 9.59 Å². The fourth-order valence-electron chi connectivity index (χ4n) is 2.70. The van der Waals surface area contributed by atoms with Crippen LogP contribution in [0.2, 0.25) is 0 Å². The molecular weight excluding hydrogens is 372 g/mol. The first-order chi connectivity index (χ1) is 14.1. The first kappa shape index (κ1) is 19.9. The van der Waals surface area contributed by atoms with Crippen LogP contribution in [0.15, 0.2) is 47.7 Å². The topological polar surface area (TPSA) is 147 Å². The molecule has 0 atom stereocenters. The molecule has 2 aromatic rings. The third kappa shape index (κ3) is 4.72. The minimum Gasteiger partial charge on any atom is -0.403 e. The van der Waals surface area contributed by atoms with Crippen molar-refractivity contribution in [2.75, 3.05) is 19.4 Å². The molecule has 29 heavy (non-hydrogen) atoms. The van der Waals surface area contributed by atoms with Crippen LogP contribution in [0, 0.1) is 0 Å². The number of nitrogens with two attached hydrogens (primary N) is 1. The number of aliphatic imine (C=N–C) groups is 1. The van der Waals surface area contributed by atoms with Crippen molar-refractivity contribution in [2.45, 2.75) is 18.8 Å². The molecule has 0 unspecified atom stereocenters. The fourth-order valence-corrected chi connectivity index (χ4v) is 2.70. The second kappa shape index (κ2) is 8.91. The van der Waals surface area contributed by atoms with Gasteiger partial charge in [-0.15, -0.1) is 0 Å². The Labute approximate surface area is 167 Å². The summed E-state index contributed by atoms with van der Waals surface area (Å²) in [5, 5.41) is 8.19. The van der Waals surface area contributed by atoms with Crippen LogP contribution in [0.4, 0.5) is 11.4 Å². The minimum absolute atomic E-state index is 0.00710. The van der Waals surface area contributed by atoms with E-state index < -0.39 is 11.8 Å². The van der Waals surface area contributed by atoms with Crippen LogP contribution in [0.3, 0.4) is 0 Å². The number of rotatable bonds is 7. The summed E-state index contributed by atoms with van der Waals surface area (Å²) in [6.45, 7) is 0. The smallest absolute Gasteiger partial charge is 0.276 e. The highest BCUT2D eigenvalue weighted by molar-refractivity contribution is 6.45. The van der Waals surface area contributed by atoms with E-state index in [2.05, 4.69) is 35.9 Å². The van der Waals surface area contributed by atoms with Crippen molar-refractivity contribution in [1.29, 1.82) is 0 Å². The molecule has 150 valence electrons. The number of pyridine rings is 1. The molecule has 0 spiro atoms. The van der Waals surface area contributed by atoms with Crippen LogP contribution in [-0.2, 0) is 4.79 Å². The number of anilines is 2. The van der Waals surface area contributed by atoms with Crippen LogP contribution in [-0.4, -0.2) is 46.6 Å². The van der Waals surface area contributed by atoms with Crippen LogP contribution in [0.25, 0.3) is 0 Å². The predicted molar refractivity (Wildman–Crippen MR) is 109 cm³/mol. The monoisotopic (exact) mass is 394 g/mol. The molecule has 0 aliphatic heterocycles. The van der Waals surface area contributed by atoms with Crippen molar-refractivity contribution >= 4 is 28.9 Å². The molecular formula is C19H22N8O2. The van der Waals surface area contributed by atoms with Gasteiger partial charge < -0.3 is 21.7 Å². The zero-order chi connectivity index (χ0) is 20.8. The van der Waals surface area contributed by atoms with E-state index in [-0.39, 0.29) is 17.1 Å². The Bertz CT molecular complexity index is 967. The highest BCUT2D eigenvalue weighted by atomic mass is 16.2. The van der Waals surface area contributed by atoms with Gasteiger partial charge in [-0.05, 0) is 25.0 Å². The maximum atomic E-state index is 13.0. The highest BCUT2D eigenvalue weighted by Gasteiger charge is 2.27. The molecule has 3 rings (SSSR count). The summed E-state index contributed by atoms with van der Waals surface area (Å²) in [7, 11) is 2.91. The summed E-state index contributed by atoms with van der Waals surface area (Å²) in [5.41, 5.74) is 7.83. The van der Waals surface area contributed by atoms with Crippen molar-refractivity contribution < 1.29 is 9.59 Å². The normalized spacial score (nSPS) is 14.3. The number of nitrogens with one attached hydrogen (secondary N) is 3. The first-order valence-electron chi connectivity index (χ1n) is 9.02. The second-order valence-corrected chi connectivity index (χ2v) is 6.34. The van der Waals surface area contributed by atoms with E-state index in [0.717, 1.165) is 24.7 Å². The third-order valence-corrected chi connectivity index (χ3v) is 4.30. The number of hydrogen-bond donors (Lipinski definition) is 4. The molecule has 0 bridgehead atoms. The summed E-state index contributed by atoms with van der Waals surface area (Å²) in [4.78, 5) is 41.4. The fraction of sp³-hybridized carbons (Fsp3) is 0.263. The maximum absolute atomic E-state index is 13.0. The van der Waals surface area contributed by atoms with E-state index in [0.29, 0.717) is 17.3 Å². The Morgan fingerprint density at radius 2 is 1.97 bits per heavy atom. The number of aromatic nitrogens is 3. The van der Waals surface area contributed by atoms with E-state index in [1.807, 2.05) is 6.07 Å². The van der Waals surface area contributed by atoms with Crippen molar-refractivity contribution in [3.05, 3.63) is 54.1 Å². The van der Waals surface area contributed by atoms with Gasteiger partial charge in [-0.1, -0.05) is 0 Å². The molecule has 0 radical (unpaired) electrons. The molecule has 2 heterocycles. The third-order valence-electron chi connectivity index (χ3n) is 4.30.